The second-order valence-electron chi connectivity index (χ2n) is 9.72. The summed E-state index contributed by atoms with van der Waals surface area (Å²) in [4.78, 5) is 44.2. The standard InChI is InChI=1S/C28H28N2O6/c31-15-14-30-24-26(33)29(20-11-10-18-7-3-4-8-19(18)17-20)13-6-12-28(24)23(25(30)32)22-21(36-28)9-2-1-5-16-35-27(22)34/h2-4,6-12,17,21-24,31H,1,5,13-16H2/b9-2-/t21-,22?,23+,24-,28?/m1/s1. The van der Waals surface area contributed by atoms with Gasteiger partial charge in [-0.1, -0.05) is 54.6 Å². The summed E-state index contributed by atoms with van der Waals surface area (Å²) in [6.45, 7) is 0.228. The highest BCUT2D eigenvalue weighted by molar-refractivity contribution is 6.06. The smallest absolute Gasteiger partial charge is 0.312 e. The van der Waals surface area contributed by atoms with E-state index in [0.29, 0.717) is 18.7 Å². The molecule has 5 atom stereocenters. The number of allylic oxidation sites excluding steroid dienone is 1. The summed E-state index contributed by atoms with van der Waals surface area (Å²) in [5, 5.41) is 11.8. The van der Waals surface area contributed by atoms with Crippen molar-refractivity contribution in [3.8, 4) is 0 Å². The van der Waals surface area contributed by atoms with Gasteiger partial charge in [-0.15, -0.1) is 0 Å². The fraction of sp³-hybridized carbons (Fsp3) is 0.393. The van der Waals surface area contributed by atoms with E-state index in [0.717, 1.165) is 17.2 Å². The maximum atomic E-state index is 14.2. The first-order valence-electron chi connectivity index (χ1n) is 12.5. The van der Waals surface area contributed by atoms with Gasteiger partial charge in [-0.2, -0.15) is 0 Å². The minimum atomic E-state index is -1.33. The van der Waals surface area contributed by atoms with E-state index in [4.69, 9.17) is 9.47 Å². The van der Waals surface area contributed by atoms with Gasteiger partial charge in [0, 0.05) is 18.8 Å². The Kier molecular flexibility index (Phi) is 5.65. The van der Waals surface area contributed by atoms with Gasteiger partial charge >= 0.3 is 5.97 Å². The topological polar surface area (TPSA) is 96.4 Å². The van der Waals surface area contributed by atoms with Crippen LogP contribution >= 0.6 is 0 Å². The Hall–Kier alpha value is -3.49. The molecule has 0 saturated carbocycles. The third-order valence-electron chi connectivity index (χ3n) is 7.74. The van der Waals surface area contributed by atoms with E-state index in [1.165, 1.54) is 4.90 Å². The number of amides is 2. The first-order chi connectivity index (χ1) is 17.5. The summed E-state index contributed by atoms with van der Waals surface area (Å²) < 4.78 is 12.0. The number of esters is 1. The molecule has 1 N–H and O–H groups in total. The van der Waals surface area contributed by atoms with Crippen LogP contribution in [0.4, 0.5) is 5.69 Å². The monoisotopic (exact) mass is 488 g/mol. The predicted molar refractivity (Wildman–Crippen MR) is 132 cm³/mol. The molecule has 2 unspecified atom stereocenters. The molecule has 4 heterocycles. The van der Waals surface area contributed by atoms with E-state index in [-0.39, 0.29) is 31.6 Å². The van der Waals surface area contributed by atoms with E-state index in [2.05, 4.69) is 0 Å². The summed E-state index contributed by atoms with van der Waals surface area (Å²) in [5.74, 6) is -2.93. The molecule has 1 spiro atoms. The highest BCUT2D eigenvalue weighted by Gasteiger charge is 2.71. The van der Waals surface area contributed by atoms with Gasteiger partial charge < -0.3 is 24.4 Å². The lowest BCUT2D eigenvalue weighted by Gasteiger charge is -2.35. The highest BCUT2D eigenvalue weighted by Crippen LogP contribution is 2.53. The van der Waals surface area contributed by atoms with Crippen LogP contribution in [0, 0.1) is 11.8 Å². The second-order valence-corrected chi connectivity index (χ2v) is 9.72. The van der Waals surface area contributed by atoms with E-state index >= 15 is 0 Å². The van der Waals surface area contributed by atoms with Gasteiger partial charge in [0.2, 0.25) is 5.91 Å². The van der Waals surface area contributed by atoms with Gasteiger partial charge in [0.15, 0.2) is 0 Å². The summed E-state index contributed by atoms with van der Waals surface area (Å²) in [7, 11) is 0. The SMILES string of the molecule is O=C1OCCC/C=C\[C@H]2OC34C=CCN(c5ccc6ccccc6c5)C(=O)[C@H]3N(CCO)C(=O)[C@@H]4C12. The number of aliphatic hydroxyl groups is 1. The molecule has 2 aromatic carbocycles. The van der Waals surface area contributed by atoms with Gasteiger partial charge in [-0.25, -0.2) is 0 Å². The number of carbonyl (C=O) groups excluding carboxylic acids is 3. The number of rotatable bonds is 3. The Balaban J connectivity index is 1.44. The maximum absolute atomic E-state index is 14.2. The Morgan fingerprint density at radius 3 is 2.69 bits per heavy atom. The zero-order valence-corrected chi connectivity index (χ0v) is 19.8. The first kappa shape index (κ1) is 22.9. The number of hydrogen-bond acceptors (Lipinski definition) is 6. The van der Waals surface area contributed by atoms with Gasteiger partial charge in [-0.3, -0.25) is 14.4 Å². The molecule has 6 rings (SSSR count). The average Bonchev–Trinajstić information content (AvgIpc) is 3.29. The molecule has 2 aromatic rings. The summed E-state index contributed by atoms with van der Waals surface area (Å²) in [6, 6.07) is 12.7. The molecule has 0 radical (unpaired) electrons. The predicted octanol–water partition coefficient (Wildman–Crippen LogP) is 2.21. The molecule has 8 nitrogen and oxygen atoms in total. The second kappa shape index (κ2) is 8.87. The van der Waals surface area contributed by atoms with Crippen LogP contribution in [-0.2, 0) is 23.9 Å². The largest absolute Gasteiger partial charge is 0.465 e. The lowest BCUT2D eigenvalue weighted by molar-refractivity contribution is -0.154. The Morgan fingerprint density at radius 1 is 1.03 bits per heavy atom. The third-order valence-corrected chi connectivity index (χ3v) is 7.74. The van der Waals surface area contributed by atoms with Crippen molar-refractivity contribution >= 4 is 34.2 Å². The van der Waals surface area contributed by atoms with Crippen molar-refractivity contribution in [2.75, 3.05) is 31.2 Å². The molecule has 36 heavy (non-hydrogen) atoms. The molecule has 2 fully saturated rings. The number of hydrogen-bond donors (Lipinski definition) is 1. The van der Waals surface area contributed by atoms with Crippen LogP contribution in [0.3, 0.4) is 0 Å². The van der Waals surface area contributed by atoms with Gasteiger partial charge in [0.1, 0.15) is 17.6 Å². The molecular weight excluding hydrogens is 460 g/mol. The summed E-state index contributed by atoms with van der Waals surface area (Å²) in [5.41, 5.74) is -0.618. The van der Waals surface area contributed by atoms with Crippen LogP contribution in [0.2, 0.25) is 0 Å². The fourth-order valence-corrected chi connectivity index (χ4v) is 6.18. The van der Waals surface area contributed by atoms with Crippen molar-refractivity contribution in [1.82, 2.24) is 4.90 Å². The Morgan fingerprint density at radius 2 is 1.86 bits per heavy atom. The third kappa shape index (κ3) is 3.39. The number of fused-ring (bicyclic) bond motifs is 3. The highest BCUT2D eigenvalue weighted by atomic mass is 16.6. The normalized spacial score (nSPS) is 32.8. The Bertz CT molecular complexity index is 1290. The minimum absolute atomic E-state index is 0.0292. The lowest BCUT2D eigenvalue weighted by atomic mass is 9.78. The Labute approximate surface area is 208 Å². The van der Waals surface area contributed by atoms with Crippen LogP contribution in [0.25, 0.3) is 10.8 Å². The van der Waals surface area contributed by atoms with E-state index < -0.39 is 35.6 Å². The van der Waals surface area contributed by atoms with Crippen molar-refractivity contribution in [2.45, 2.75) is 30.6 Å². The van der Waals surface area contributed by atoms with E-state index in [1.807, 2.05) is 60.7 Å². The van der Waals surface area contributed by atoms with Crippen LogP contribution < -0.4 is 4.90 Å². The molecule has 2 saturated heterocycles. The number of cyclic esters (lactones) is 1. The number of β-amino-alcohol motifs (C(OH)–C–C–N with tert-alkyl or cyclic N) is 1. The molecule has 186 valence electrons. The van der Waals surface area contributed by atoms with Crippen molar-refractivity contribution in [3.05, 3.63) is 66.8 Å². The maximum Gasteiger partial charge on any atom is 0.312 e. The number of anilines is 1. The lowest BCUT2D eigenvalue weighted by Crippen LogP contribution is -2.55. The minimum Gasteiger partial charge on any atom is -0.465 e. The molecule has 2 amide bonds. The number of ether oxygens (including phenoxy) is 2. The van der Waals surface area contributed by atoms with E-state index in [1.54, 1.807) is 11.0 Å². The quantitative estimate of drug-likeness (QED) is 0.526. The molecular formula is C28H28N2O6. The zero-order chi connectivity index (χ0) is 24.9. The number of carbonyl (C=O) groups is 3. The van der Waals surface area contributed by atoms with Crippen LogP contribution in [-0.4, -0.2) is 71.8 Å². The van der Waals surface area contributed by atoms with Crippen molar-refractivity contribution in [2.24, 2.45) is 11.8 Å². The van der Waals surface area contributed by atoms with Crippen molar-refractivity contribution in [1.29, 1.82) is 0 Å². The zero-order valence-electron chi connectivity index (χ0n) is 19.8. The molecule has 0 aromatic heterocycles. The first-order valence-corrected chi connectivity index (χ1v) is 12.5. The number of nitrogens with zero attached hydrogens (tertiary/aromatic N) is 2. The van der Waals surface area contributed by atoms with Gasteiger partial charge in [0.25, 0.3) is 5.91 Å². The van der Waals surface area contributed by atoms with E-state index in [9.17, 15) is 19.5 Å². The molecule has 4 aliphatic rings. The van der Waals surface area contributed by atoms with Crippen LogP contribution in [0.15, 0.2) is 66.8 Å². The molecule has 0 aliphatic carbocycles. The van der Waals surface area contributed by atoms with Gasteiger partial charge in [0.05, 0.1) is 25.2 Å². The van der Waals surface area contributed by atoms with Crippen molar-refractivity contribution < 1.29 is 29.0 Å². The molecule has 0 bridgehead atoms. The average molecular weight is 489 g/mol. The molecule has 4 aliphatic heterocycles. The van der Waals surface area contributed by atoms with Crippen molar-refractivity contribution in [3.63, 3.8) is 0 Å². The van der Waals surface area contributed by atoms with Gasteiger partial charge in [-0.05, 0) is 35.7 Å². The number of aliphatic hydroxyl groups excluding tert-OH is 1. The van der Waals surface area contributed by atoms with Crippen LogP contribution in [0.1, 0.15) is 12.8 Å². The number of likely N-dealkylation sites (tertiary alicyclic amines) is 1. The molecule has 8 heteroatoms. The van der Waals surface area contributed by atoms with Crippen LogP contribution in [0.5, 0.6) is 0 Å². The summed E-state index contributed by atoms with van der Waals surface area (Å²) in [6.07, 6.45) is 8.17. The number of benzene rings is 2. The summed E-state index contributed by atoms with van der Waals surface area (Å²) >= 11 is 0. The fourth-order valence-electron chi connectivity index (χ4n) is 6.18.